The second kappa shape index (κ2) is 3.92. The summed E-state index contributed by atoms with van der Waals surface area (Å²) in [7, 11) is 0. The molecule has 2 aromatic heterocycles. The molecule has 0 aliphatic heterocycles. The second-order valence-electron chi connectivity index (χ2n) is 2.93. The fourth-order valence-corrected chi connectivity index (χ4v) is 1.56. The Balaban J connectivity index is 2.60. The molecule has 2 heterocycles. The number of hydrogen-bond acceptors (Lipinski definition) is 4. The minimum Gasteiger partial charge on any atom is -0.233 e. The van der Waals surface area contributed by atoms with E-state index < -0.39 is 0 Å². The van der Waals surface area contributed by atoms with Crippen LogP contribution in [0, 0.1) is 0 Å². The summed E-state index contributed by atoms with van der Waals surface area (Å²) in [5, 5.41) is 1.78. The zero-order chi connectivity index (χ0) is 9.97. The van der Waals surface area contributed by atoms with Crippen molar-refractivity contribution in [2.75, 3.05) is 6.26 Å². The predicted molar refractivity (Wildman–Crippen MR) is 58.5 cm³/mol. The van der Waals surface area contributed by atoms with Crippen molar-refractivity contribution >= 4 is 22.8 Å². The number of hydrogen-bond donors (Lipinski definition) is 0. The standard InChI is InChI=1S/C10H11N3S/c1-3-8-5-4-7-6-11-10(14-2)13-9(7)12-8/h4-6H,3H2,1-2H3. The number of thioether (sulfide) groups is 1. The smallest absolute Gasteiger partial charge is 0.189 e. The van der Waals surface area contributed by atoms with Gasteiger partial charge < -0.3 is 0 Å². The molecule has 0 aliphatic carbocycles. The van der Waals surface area contributed by atoms with E-state index in [4.69, 9.17) is 0 Å². The van der Waals surface area contributed by atoms with Crippen LogP contribution in [-0.2, 0) is 6.42 Å². The van der Waals surface area contributed by atoms with Crippen molar-refractivity contribution in [3.05, 3.63) is 24.0 Å². The zero-order valence-electron chi connectivity index (χ0n) is 8.19. The molecule has 0 amide bonds. The van der Waals surface area contributed by atoms with Gasteiger partial charge in [0.2, 0.25) is 0 Å². The van der Waals surface area contributed by atoms with Gasteiger partial charge in [-0.2, -0.15) is 0 Å². The molecular weight excluding hydrogens is 194 g/mol. The van der Waals surface area contributed by atoms with E-state index in [0.29, 0.717) is 0 Å². The molecule has 4 heteroatoms. The van der Waals surface area contributed by atoms with Crippen LogP contribution in [0.4, 0.5) is 0 Å². The van der Waals surface area contributed by atoms with Gasteiger partial charge in [-0.15, -0.1) is 0 Å². The molecule has 14 heavy (non-hydrogen) atoms. The topological polar surface area (TPSA) is 38.7 Å². The van der Waals surface area contributed by atoms with E-state index >= 15 is 0 Å². The van der Waals surface area contributed by atoms with Crippen LogP contribution in [0.25, 0.3) is 11.0 Å². The third-order valence-corrected chi connectivity index (χ3v) is 2.59. The van der Waals surface area contributed by atoms with Crippen LogP contribution in [0.1, 0.15) is 12.6 Å². The third kappa shape index (κ3) is 1.70. The van der Waals surface area contributed by atoms with Crippen molar-refractivity contribution < 1.29 is 0 Å². The van der Waals surface area contributed by atoms with E-state index in [9.17, 15) is 0 Å². The summed E-state index contributed by atoms with van der Waals surface area (Å²) >= 11 is 1.53. The summed E-state index contributed by atoms with van der Waals surface area (Å²) in [5.41, 5.74) is 1.87. The van der Waals surface area contributed by atoms with E-state index in [0.717, 1.165) is 28.3 Å². The van der Waals surface area contributed by atoms with Gasteiger partial charge in [-0.1, -0.05) is 18.7 Å². The fraction of sp³-hybridized carbons (Fsp3) is 0.300. The van der Waals surface area contributed by atoms with E-state index in [-0.39, 0.29) is 0 Å². The van der Waals surface area contributed by atoms with Gasteiger partial charge in [-0.05, 0) is 24.8 Å². The Morgan fingerprint density at radius 2 is 2.14 bits per heavy atom. The number of fused-ring (bicyclic) bond motifs is 1. The van der Waals surface area contributed by atoms with Crippen LogP contribution in [0.5, 0.6) is 0 Å². The molecule has 2 aromatic rings. The van der Waals surface area contributed by atoms with Crippen LogP contribution >= 0.6 is 11.8 Å². The molecular formula is C10H11N3S. The Morgan fingerprint density at radius 3 is 2.86 bits per heavy atom. The highest BCUT2D eigenvalue weighted by Gasteiger charge is 2.00. The van der Waals surface area contributed by atoms with E-state index in [1.807, 2.05) is 24.6 Å². The lowest BCUT2D eigenvalue weighted by atomic mass is 10.2. The molecule has 0 spiro atoms. The first-order chi connectivity index (χ1) is 6.83. The van der Waals surface area contributed by atoms with Gasteiger partial charge in [0.25, 0.3) is 0 Å². The lowest BCUT2D eigenvalue weighted by Crippen LogP contribution is -1.93. The van der Waals surface area contributed by atoms with Crippen LogP contribution < -0.4 is 0 Å². The highest BCUT2D eigenvalue weighted by molar-refractivity contribution is 7.98. The van der Waals surface area contributed by atoms with Crippen molar-refractivity contribution in [3.63, 3.8) is 0 Å². The lowest BCUT2D eigenvalue weighted by molar-refractivity contribution is 0.971. The Hall–Kier alpha value is -1.16. The highest BCUT2D eigenvalue weighted by atomic mass is 32.2. The Bertz CT molecular complexity index is 417. The maximum Gasteiger partial charge on any atom is 0.189 e. The highest BCUT2D eigenvalue weighted by Crippen LogP contribution is 2.14. The summed E-state index contributed by atoms with van der Waals surface area (Å²) in [6.45, 7) is 2.09. The zero-order valence-corrected chi connectivity index (χ0v) is 9.01. The van der Waals surface area contributed by atoms with Gasteiger partial charge in [0.05, 0.1) is 0 Å². The maximum absolute atomic E-state index is 4.44. The Morgan fingerprint density at radius 1 is 1.29 bits per heavy atom. The fourth-order valence-electron chi connectivity index (χ4n) is 1.23. The molecule has 3 nitrogen and oxygen atoms in total. The molecule has 0 N–H and O–H groups in total. The minimum absolute atomic E-state index is 0.776. The molecule has 0 radical (unpaired) electrons. The predicted octanol–water partition coefficient (Wildman–Crippen LogP) is 2.31. The van der Waals surface area contributed by atoms with Crippen LogP contribution in [-0.4, -0.2) is 21.2 Å². The lowest BCUT2D eigenvalue weighted by Gasteiger charge is -2.00. The van der Waals surface area contributed by atoms with E-state index in [1.54, 1.807) is 0 Å². The molecule has 2 rings (SSSR count). The normalized spacial score (nSPS) is 10.7. The van der Waals surface area contributed by atoms with Gasteiger partial charge in [0.15, 0.2) is 10.8 Å². The first-order valence-corrected chi connectivity index (χ1v) is 5.72. The second-order valence-corrected chi connectivity index (χ2v) is 3.70. The van der Waals surface area contributed by atoms with Gasteiger partial charge in [-0.3, -0.25) is 0 Å². The van der Waals surface area contributed by atoms with Crippen molar-refractivity contribution in [2.45, 2.75) is 18.5 Å². The van der Waals surface area contributed by atoms with E-state index in [2.05, 4.69) is 21.9 Å². The first-order valence-electron chi connectivity index (χ1n) is 4.50. The summed E-state index contributed by atoms with van der Waals surface area (Å²) in [6, 6.07) is 4.04. The number of aromatic nitrogens is 3. The SMILES string of the molecule is CCc1ccc2cnc(SC)nc2n1. The average Bonchev–Trinajstić information content (AvgIpc) is 2.27. The van der Waals surface area contributed by atoms with Gasteiger partial charge >= 0.3 is 0 Å². The molecule has 0 atom stereocenters. The molecule has 0 saturated heterocycles. The summed E-state index contributed by atoms with van der Waals surface area (Å²) in [6.07, 6.45) is 4.72. The molecule has 0 bridgehead atoms. The van der Waals surface area contributed by atoms with Crippen molar-refractivity contribution in [3.8, 4) is 0 Å². The van der Waals surface area contributed by atoms with Crippen LogP contribution in [0.3, 0.4) is 0 Å². The van der Waals surface area contributed by atoms with Crippen molar-refractivity contribution in [1.82, 2.24) is 15.0 Å². The number of pyridine rings is 1. The molecule has 0 unspecified atom stereocenters. The summed E-state index contributed by atoms with van der Waals surface area (Å²) in [4.78, 5) is 13.0. The molecule has 0 fully saturated rings. The largest absolute Gasteiger partial charge is 0.233 e. The molecule has 0 aliphatic rings. The summed E-state index contributed by atoms with van der Waals surface area (Å²) < 4.78 is 0. The average molecular weight is 205 g/mol. The first kappa shape index (κ1) is 9.40. The number of nitrogens with zero attached hydrogens (tertiary/aromatic N) is 3. The van der Waals surface area contributed by atoms with E-state index in [1.165, 1.54) is 11.8 Å². The Kier molecular flexibility index (Phi) is 2.63. The number of rotatable bonds is 2. The van der Waals surface area contributed by atoms with Gasteiger partial charge in [0.1, 0.15) is 0 Å². The van der Waals surface area contributed by atoms with Crippen molar-refractivity contribution in [1.29, 1.82) is 0 Å². The Labute approximate surface area is 87.0 Å². The van der Waals surface area contributed by atoms with Crippen molar-refractivity contribution in [2.24, 2.45) is 0 Å². The van der Waals surface area contributed by atoms with Gasteiger partial charge in [0, 0.05) is 17.3 Å². The third-order valence-electron chi connectivity index (χ3n) is 2.02. The summed E-state index contributed by atoms with van der Waals surface area (Å²) in [5.74, 6) is 0. The minimum atomic E-state index is 0.776. The molecule has 72 valence electrons. The van der Waals surface area contributed by atoms with Crippen LogP contribution in [0.15, 0.2) is 23.5 Å². The molecule has 0 aromatic carbocycles. The monoisotopic (exact) mass is 205 g/mol. The number of aryl methyl sites for hydroxylation is 1. The maximum atomic E-state index is 4.44. The van der Waals surface area contributed by atoms with Crippen LogP contribution in [0.2, 0.25) is 0 Å². The molecule has 0 saturated carbocycles. The van der Waals surface area contributed by atoms with Gasteiger partial charge in [-0.25, -0.2) is 15.0 Å². The quantitative estimate of drug-likeness (QED) is 0.557.